The van der Waals surface area contributed by atoms with Gasteiger partial charge in [-0.3, -0.25) is 9.78 Å². The molecule has 4 heterocycles. The van der Waals surface area contributed by atoms with Crippen molar-refractivity contribution < 1.29 is 19.7 Å². The highest BCUT2D eigenvalue weighted by Gasteiger charge is 2.28. The van der Waals surface area contributed by atoms with Crippen molar-refractivity contribution in [3.8, 4) is 28.1 Å². The summed E-state index contributed by atoms with van der Waals surface area (Å²) in [4.78, 5) is 23.3. The fourth-order valence-electron chi connectivity index (χ4n) is 4.97. The van der Waals surface area contributed by atoms with Crippen molar-refractivity contribution in [2.45, 2.75) is 38.8 Å². The highest BCUT2D eigenvalue weighted by atomic mass is 79.9. The van der Waals surface area contributed by atoms with E-state index in [-0.39, 0.29) is 18.6 Å². The van der Waals surface area contributed by atoms with E-state index < -0.39 is 6.61 Å². The summed E-state index contributed by atoms with van der Waals surface area (Å²) < 4.78 is 7.56. The number of carbonyl (C=O) groups is 1. The molecule has 10 nitrogen and oxygen atoms in total. The third-order valence-corrected chi connectivity index (χ3v) is 7.82. The van der Waals surface area contributed by atoms with E-state index >= 15 is 0 Å². The quantitative estimate of drug-likeness (QED) is 0.281. The first-order valence-corrected chi connectivity index (χ1v) is 13.3. The third-order valence-electron chi connectivity index (χ3n) is 6.96. The molecule has 0 saturated heterocycles. The number of pyridine rings is 1. The van der Waals surface area contributed by atoms with E-state index in [9.17, 15) is 15.0 Å². The molecule has 202 valence electrons. The molecule has 1 aliphatic heterocycles. The maximum atomic E-state index is 12.2. The molecule has 0 radical (unpaired) electrons. The zero-order valence-corrected chi connectivity index (χ0v) is 23.2. The summed E-state index contributed by atoms with van der Waals surface area (Å²) >= 11 is 3.58. The molecular formula is C28H29BrN6O4. The Morgan fingerprint density at radius 2 is 2.00 bits per heavy atom. The van der Waals surface area contributed by atoms with Crippen LogP contribution in [0.1, 0.15) is 31.0 Å². The normalized spacial score (nSPS) is 15.2. The number of methoxy groups -OCH3 is 1. The molecule has 1 atom stereocenters. The molecule has 1 aromatic carbocycles. The Kier molecular flexibility index (Phi) is 7.65. The summed E-state index contributed by atoms with van der Waals surface area (Å²) in [7, 11) is 1.57. The average Bonchev–Trinajstić information content (AvgIpc) is 3.56. The standard InChI is InChI=1S/C28H29BrN6O4/c1-16-9-20(34(13-16)25(38)15-37)5-7-23-26(29)27(30)35-28(33-23)21(12-32-35)18-3-6-22(31-11-18)17-4-8-24(39-2)19(10-17)14-36/h3-4,6,8,10-13,20,36-37H,5,7,9,14-15,30H2,1-2H3. The average molecular weight is 593 g/mol. The third kappa shape index (κ3) is 5.12. The molecule has 3 aromatic heterocycles. The second kappa shape index (κ2) is 11.1. The molecule has 4 aromatic rings. The predicted octanol–water partition coefficient (Wildman–Crippen LogP) is 3.73. The fraction of sp³-hybridized carbons (Fsp3) is 0.286. The van der Waals surface area contributed by atoms with Gasteiger partial charge in [0.15, 0.2) is 5.65 Å². The van der Waals surface area contributed by atoms with Gasteiger partial charge in [0.25, 0.3) is 5.91 Å². The van der Waals surface area contributed by atoms with E-state index in [2.05, 4.69) is 26.0 Å². The fourth-order valence-corrected chi connectivity index (χ4v) is 5.42. The van der Waals surface area contributed by atoms with Gasteiger partial charge in [-0.1, -0.05) is 11.6 Å². The highest BCUT2D eigenvalue weighted by Crippen LogP contribution is 2.33. The second-order valence-corrected chi connectivity index (χ2v) is 10.3. The number of nitrogens with two attached hydrogens (primary N) is 1. The Morgan fingerprint density at radius 1 is 1.21 bits per heavy atom. The van der Waals surface area contributed by atoms with Crippen molar-refractivity contribution in [1.29, 1.82) is 0 Å². The number of fused-ring (bicyclic) bond motifs is 1. The predicted molar refractivity (Wildman–Crippen MR) is 151 cm³/mol. The van der Waals surface area contributed by atoms with Gasteiger partial charge in [0.2, 0.25) is 0 Å². The smallest absolute Gasteiger partial charge is 0.252 e. The van der Waals surface area contributed by atoms with Crippen LogP contribution < -0.4 is 10.5 Å². The molecule has 0 fully saturated rings. The molecule has 1 unspecified atom stereocenters. The van der Waals surface area contributed by atoms with Crippen LogP contribution in [0.5, 0.6) is 5.75 Å². The zero-order chi connectivity index (χ0) is 27.7. The molecule has 0 spiro atoms. The molecule has 0 aliphatic carbocycles. The number of anilines is 1. The number of hydrogen-bond acceptors (Lipinski definition) is 8. The summed E-state index contributed by atoms with van der Waals surface area (Å²) in [6.45, 7) is 1.33. The number of hydrogen-bond donors (Lipinski definition) is 3. The van der Waals surface area contributed by atoms with Crippen LogP contribution in [0.15, 0.2) is 59.0 Å². The van der Waals surface area contributed by atoms with Crippen LogP contribution in [-0.4, -0.2) is 60.4 Å². The van der Waals surface area contributed by atoms with Crippen molar-refractivity contribution in [2.75, 3.05) is 19.5 Å². The number of amides is 1. The number of nitrogens with zero attached hydrogens (tertiary/aromatic N) is 5. The number of rotatable bonds is 8. The first-order valence-electron chi connectivity index (χ1n) is 12.5. The highest BCUT2D eigenvalue weighted by molar-refractivity contribution is 9.10. The lowest BCUT2D eigenvalue weighted by Crippen LogP contribution is -2.35. The molecule has 39 heavy (non-hydrogen) atoms. The van der Waals surface area contributed by atoms with Gasteiger partial charge in [0.1, 0.15) is 18.2 Å². The number of halogens is 1. The number of aromatic nitrogens is 4. The van der Waals surface area contributed by atoms with Gasteiger partial charge in [-0.25, -0.2) is 4.98 Å². The second-order valence-electron chi connectivity index (χ2n) is 9.50. The molecule has 1 amide bonds. The Balaban J connectivity index is 1.42. The summed E-state index contributed by atoms with van der Waals surface area (Å²) in [5.41, 5.74) is 12.8. The number of aliphatic hydroxyl groups is 2. The van der Waals surface area contributed by atoms with Crippen LogP contribution in [0, 0.1) is 0 Å². The van der Waals surface area contributed by atoms with Crippen molar-refractivity contribution in [2.24, 2.45) is 0 Å². The van der Waals surface area contributed by atoms with Crippen molar-refractivity contribution >= 4 is 33.3 Å². The Morgan fingerprint density at radius 3 is 2.69 bits per heavy atom. The molecule has 4 N–H and O–H groups in total. The molecular weight excluding hydrogens is 564 g/mol. The molecule has 0 saturated carbocycles. The number of aliphatic hydroxyl groups excluding tert-OH is 2. The zero-order valence-electron chi connectivity index (χ0n) is 21.6. The van der Waals surface area contributed by atoms with E-state index in [4.69, 9.17) is 15.5 Å². The van der Waals surface area contributed by atoms with Crippen LogP contribution >= 0.6 is 15.9 Å². The van der Waals surface area contributed by atoms with Gasteiger partial charge >= 0.3 is 0 Å². The van der Waals surface area contributed by atoms with Gasteiger partial charge in [0.05, 0.1) is 35.8 Å². The SMILES string of the molecule is COc1ccc(-c2ccc(-c3cnn4c(N)c(Br)c(CCC5CC(C)=CN5C(=O)CO)nc34)cn2)cc1CO. The van der Waals surface area contributed by atoms with E-state index in [1.165, 1.54) is 0 Å². The topological polar surface area (TPSA) is 139 Å². The minimum absolute atomic E-state index is 0.0405. The Bertz CT molecular complexity index is 1570. The van der Waals surface area contributed by atoms with Crippen molar-refractivity contribution in [1.82, 2.24) is 24.5 Å². The van der Waals surface area contributed by atoms with E-state index in [0.717, 1.165) is 40.1 Å². The molecule has 5 rings (SSSR count). The molecule has 0 bridgehead atoms. The monoisotopic (exact) mass is 592 g/mol. The summed E-state index contributed by atoms with van der Waals surface area (Å²) in [5, 5.41) is 23.4. The van der Waals surface area contributed by atoms with Crippen LogP contribution in [0.25, 0.3) is 28.0 Å². The van der Waals surface area contributed by atoms with E-state index in [1.807, 2.05) is 43.5 Å². The van der Waals surface area contributed by atoms with Gasteiger partial charge in [-0.15, -0.1) is 0 Å². The van der Waals surface area contributed by atoms with Crippen molar-refractivity contribution in [3.63, 3.8) is 0 Å². The van der Waals surface area contributed by atoms with Crippen LogP contribution in [-0.2, 0) is 17.8 Å². The van der Waals surface area contributed by atoms with Crippen LogP contribution in [0.3, 0.4) is 0 Å². The lowest BCUT2D eigenvalue weighted by atomic mass is 10.0. The number of nitrogen functional groups attached to an aromatic ring is 1. The summed E-state index contributed by atoms with van der Waals surface area (Å²) in [6.07, 6.45) is 7.29. The lowest BCUT2D eigenvalue weighted by molar-refractivity contribution is -0.133. The maximum absolute atomic E-state index is 12.2. The van der Waals surface area contributed by atoms with Gasteiger partial charge in [-0.05, 0) is 66.4 Å². The number of ether oxygens (including phenoxy) is 1. The lowest BCUT2D eigenvalue weighted by Gasteiger charge is -2.23. The minimum atomic E-state index is -0.520. The minimum Gasteiger partial charge on any atom is -0.496 e. The number of aryl methyl sites for hydroxylation is 1. The summed E-state index contributed by atoms with van der Waals surface area (Å²) in [6, 6.07) is 9.40. The Labute approximate surface area is 233 Å². The number of benzene rings is 1. The maximum Gasteiger partial charge on any atom is 0.252 e. The first-order chi connectivity index (χ1) is 18.8. The largest absolute Gasteiger partial charge is 0.496 e. The Hall–Kier alpha value is -3.80. The van der Waals surface area contributed by atoms with E-state index in [1.54, 1.807) is 28.9 Å². The van der Waals surface area contributed by atoms with Crippen LogP contribution in [0.4, 0.5) is 5.82 Å². The first kappa shape index (κ1) is 26.8. The van der Waals surface area contributed by atoms with E-state index in [0.29, 0.717) is 40.1 Å². The van der Waals surface area contributed by atoms with Crippen LogP contribution in [0.2, 0.25) is 0 Å². The molecule has 1 aliphatic rings. The van der Waals surface area contributed by atoms with Gasteiger partial charge < -0.3 is 25.6 Å². The summed E-state index contributed by atoms with van der Waals surface area (Å²) in [5.74, 6) is 0.751. The molecule has 11 heteroatoms. The van der Waals surface area contributed by atoms with Gasteiger partial charge in [-0.2, -0.15) is 9.61 Å². The van der Waals surface area contributed by atoms with Gasteiger partial charge in [0, 0.05) is 40.7 Å². The van der Waals surface area contributed by atoms with Crippen molar-refractivity contribution in [3.05, 3.63) is 70.2 Å². The number of carbonyl (C=O) groups excluding carboxylic acids is 1.